The smallest absolute Gasteiger partial charge is 0.328 e. The van der Waals surface area contributed by atoms with Gasteiger partial charge in [0.2, 0.25) is 0 Å². The monoisotopic (exact) mass is 382 g/mol. The van der Waals surface area contributed by atoms with Gasteiger partial charge in [0.25, 0.3) is 11.6 Å². The van der Waals surface area contributed by atoms with Gasteiger partial charge in [-0.05, 0) is 50.1 Å². The fraction of sp³-hybridized carbons (Fsp3) is 0.200. The van der Waals surface area contributed by atoms with Gasteiger partial charge in [0.1, 0.15) is 0 Å². The molecule has 0 aliphatic rings. The summed E-state index contributed by atoms with van der Waals surface area (Å²) in [7, 11) is 0. The van der Waals surface area contributed by atoms with E-state index in [1.165, 1.54) is 24.3 Å². The van der Waals surface area contributed by atoms with Crippen LogP contribution in [-0.4, -0.2) is 16.9 Å². The number of rotatable bonds is 5. The van der Waals surface area contributed by atoms with E-state index in [0.29, 0.717) is 0 Å². The molecule has 0 unspecified atom stereocenters. The Labute approximate surface area is 162 Å². The van der Waals surface area contributed by atoms with Crippen LogP contribution in [0.25, 0.3) is 5.57 Å². The number of allylic oxidation sites excluding steroid dienone is 1. The predicted molar refractivity (Wildman–Crippen MR) is 106 cm³/mol. The maximum absolute atomic E-state index is 12.2. The van der Waals surface area contributed by atoms with Crippen molar-refractivity contribution in [3.8, 4) is 0 Å². The zero-order chi connectivity index (χ0) is 20.9. The van der Waals surface area contributed by atoms with Gasteiger partial charge < -0.3 is 5.32 Å². The quantitative estimate of drug-likeness (QED) is 0.542. The van der Waals surface area contributed by atoms with Gasteiger partial charge in [0, 0.05) is 17.7 Å². The highest BCUT2D eigenvalue weighted by molar-refractivity contribution is 5.95. The van der Waals surface area contributed by atoms with E-state index in [2.05, 4.69) is 22.7 Å². The van der Waals surface area contributed by atoms with E-state index in [4.69, 9.17) is 0 Å². The van der Waals surface area contributed by atoms with Crippen molar-refractivity contribution in [3.05, 3.63) is 81.9 Å². The number of carbonyl (C=O) groups is 2. The van der Waals surface area contributed by atoms with Crippen molar-refractivity contribution in [2.75, 3.05) is 0 Å². The molecule has 0 heterocycles. The first-order valence-electron chi connectivity index (χ1n) is 8.49. The van der Waals surface area contributed by atoms with Crippen LogP contribution in [0, 0.1) is 10.1 Å². The standard InChI is InChI=1S/C20H22N4O4/c1-13(2)15-6-5-7-16(12-15)20(3,4)21-19(26)23-22-18(25)14-8-10-17(11-9-14)24(27)28/h5-12H,1H2,2-4H3,(H,22,25)(H2,21,23,26). The van der Waals surface area contributed by atoms with Crippen molar-refractivity contribution in [3.63, 3.8) is 0 Å². The Morgan fingerprint density at radius 3 is 2.25 bits per heavy atom. The number of non-ortho nitro benzene ring substituents is 1. The molecule has 0 aliphatic carbocycles. The molecule has 2 rings (SSSR count). The number of amides is 3. The summed E-state index contributed by atoms with van der Waals surface area (Å²) in [4.78, 5) is 34.3. The molecule has 0 spiro atoms. The van der Waals surface area contributed by atoms with Crippen molar-refractivity contribution in [2.24, 2.45) is 0 Å². The Hall–Kier alpha value is -3.68. The van der Waals surface area contributed by atoms with Crippen LogP contribution in [-0.2, 0) is 5.54 Å². The van der Waals surface area contributed by atoms with Gasteiger partial charge in [0.05, 0.1) is 10.5 Å². The molecule has 0 saturated carbocycles. The Kier molecular flexibility index (Phi) is 6.15. The number of nitro groups is 1. The fourth-order valence-electron chi connectivity index (χ4n) is 2.48. The zero-order valence-corrected chi connectivity index (χ0v) is 15.9. The third kappa shape index (κ3) is 5.16. The molecule has 2 aromatic rings. The molecule has 8 nitrogen and oxygen atoms in total. The summed E-state index contributed by atoms with van der Waals surface area (Å²) in [6.07, 6.45) is 0. The van der Waals surface area contributed by atoms with Crippen LogP contribution >= 0.6 is 0 Å². The molecular formula is C20H22N4O4. The number of carbonyl (C=O) groups excluding carboxylic acids is 2. The SMILES string of the molecule is C=C(C)c1cccc(C(C)(C)NC(=O)NNC(=O)c2ccc([N+](=O)[O-])cc2)c1. The highest BCUT2D eigenvalue weighted by atomic mass is 16.6. The van der Waals surface area contributed by atoms with E-state index >= 15 is 0 Å². The maximum atomic E-state index is 12.2. The zero-order valence-electron chi connectivity index (χ0n) is 15.9. The van der Waals surface area contributed by atoms with Gasteiger partial charge in [-0.25, -0.2) is 10.2 Å². The summed E-state index contributed by atoms with van der Waals surface area (Å²) >= 11 is 0. The summed E-state index contributed by atoms with van der Waals surface area (Å²) in [6, 6.07) is 12.1. The van der Waals surface area contributed by atoms with E-state index in [0.717, 1.165) is 16.7 Å². The van der Waals surface area contributed by atoms with Crippen molar-refractivity contribution >= 4 is 23.2 Å². The Balaban J connectivity index is 1.97. The van der Waals surface area contributed by atoms with E-state index in [-0.39, 0.29) is 11.3 Å². The van der Waals surface area contributed by atoms with Crippen LogP contribution in [0.15, 0.2) is 55.1 Å². The highest BCUT2D eigenvalue weighted by Crippen LogP contribution is 2.23. The van der Waals surface area contributed by atoms with Crippen LogP contribution < -0.4 is 16.2 Å². The van der Waals surface area contributed by atoms with Crippen LogP contribution in [0.4, 0.5) is 10.5 Å². The second-order valence-corrected chi connectivity index (χ2v) is 6.82. The molecular weight excluding hydrogens is 360 g/mol. The summed E-state index contributed by atoms with van der Waals surface area (Å²) in [5, 5.41) is 13.4. The lowest BCUT2D eigenvalue weighted by atomic mass is 9.92. The predicted octanol–water partition coefficient (Wildman–Crippen LogP) is 3.51. The van der Waals surface area contributed by atoms with Gasteiger partial charge in [-0.1, -0.05) is 30.4 Å². The van der Waals surface area contributed by atoms with Crippen molar-refractivity contribution in [2.45, 2.75) is 26.3 Å². The first-order chi connectivity index (χ1) is 13.1. The molecule has 2 aromatic carbocycles. The first-order valence-corrected chi connectivity index (χ1v) is 8.49. The third-order valence-electron chi connectivity index (χ3n) is 4.13. The van der Waals surface area contributed by atoms with E-state index in [1.54, 1.807) is 0 Å². The van der Waals surface area contributed by atoms with Gasteiger partial charge in [-0.15, -0.1) is 0 Å². The topological polar surface area (TPSA) is 113 Å². The molecule has 0 aromatic heterocycles. The number of nitrogens with one attached hydrogen (secondary N) is 3. The third-order valence-corrected chi connectivity index (χ3v) is 4.13. The second-order valence-electron chi connectivity index (χ2n) is 6.82. The van der Waals surface area contributed by atoms with Crippen molar-refractivity contribution in [1.29, 1.82) is 0 Å². The lowest BCUT2D eigenvalue weighted by Gasteiger charge is -2.27. The maximum Gasteiger partial charge on any atom is 0.334 e. The lowest BCUT2D eigenvalue weighted by molar-refractivity contribution is -0.384. The molecule has 28 heavy (non-hydrogen) atoms. The van der Waals surface area contributed by atoms with Crippen LogP contribution in [0.2, 0.25) is 0 Å². The van der Waals surface area contributed by atoms with Crippen LogP contribution in [0.3, 0.4) is 0 Å². The van der Waals surface area contributed by atoms with Gasteiger partial charge >= 0.3 is 6.03 Å². The molecule has 3 N–H and O–H groups in total. The summed E-state index contributed by atoms with van der Waals surface area (Å²) in [5.74, 6) is -0.591. The summed E-state index contributed by atoms with van der Waals surface area (Å²) < 4.78 is 0. The molecule has 0 atom stereocenters. The summed E-state index contributed by atoms with van der Waals surface area (Å²) in [5.41, 5.74) is 6.67. The van der Waals surface area contributed by atoms with Crippen LogP contribution in [0.5, 0.6) is 0 Å². The molecule has 3 amide bonds. The molecule has 0 fully saturated rings. The number of nitrogens with zero attached hydrogens (tertiary/aromatic N) is 1. The molecule has 146 valence electrons. The molecule has 0 aliphatic heterocycles. The molecule has 0 saturated heterocycles. The summed E-state index contributed by atoms with van der Waals surface area (Å²) in [6.45, 7) is 9.49. The number of hydrogen-bond donors (Lipinski definition) is 3. The number of nitro benzene ring substituents is 1. The largest absolute Gasteiger partial charge is 0.334 e. The second kappa shape index (κ2) is 8.34. The number of benzene rings is 2. The van der Waals surface area contributed by atoms with Gasteiger partial charge in [-0.2, -0.15) is 0 Å². The minimum Gasteiger partial charge on any atom is -0.328 e. The van der Waals surface area contributed by atoms with Crippen molar-refractivity contribution < 1.29 is 14.5 Å². The average Bonchev–Trinajstić information content (AvgIpc) is 2.66. The van der Waals surface area contributed by atoms with E-state index < -0.39 is 22.4 Å². The average molecular weight is 382 g/mol. The minimum absolute atomic E-state index is 0.124. The first kappa shape index (κ1) is 20.6. The van der Waals surface area contributed by atoms with Gasteiger partial charge in [-0.3, -0.25) is 20.3 Å². The van der Waals surface area contributed by atoms with E-state index in [1.807, 2.05) is 45.0 Å². The Morgan fingerprint density at radius 2 is 1.68 bits per heavy atom. The fourth-order valence-corrected chi connectivity index (χ4v) is 2.48. The normalized spacial score (nSPS) is 10.7. The van der Waals surface area contributed by atoms with E-state index in [9.17, 15) is 19.7 Å². The Bertz CT molecular complexity index is 920. The van der Waals surface area contributed by atoms with Gasteiger partial charge in [0.15, 0.2) is 0 Å². The number of urea groups is 1. The number of hydrazine groups is 1. The molecule has 0 radical (unpaired) electrons. The Morgan fingerprint density at radius 1 is 1.04 bits per heavy atom. The number of hydrogen-bond acceptors (Lipinski definition) is 4. The molecule has 0 bridgehead atoms. The lowest BCUT2D eigenvalue weighted by Crippen LogP contribution is -2.52. The van der Waals surface area contributed by atoms with Crippen molar-refractivity contribution in [1.82, 2.24) is 16.2 Å². The van der Waals surface area contributed by atoms with Crippen LogP contribution in [0.1, 0.15) is 42.3 Å². The molecule has 8 heteroatoms. The minimum atomic E-state index is -0.701. The highest BCUT2D eigenvalue weighted by Gasteiger charge is 2.23.